The molecule has 0 atom stereocenters. The van der Waals surface area contributed by atoms with Crippen molar-refractivity contribution in [3.05, 3.63) is 24.3 Å². The Morgan fingerprint density at radius 3 is 2.15 bits per heavy atom. The Bertz CT molecular complexity index is 366. The van der Waals surface area contributed by atoms with E-state index in [0.29, 0.717) is 5.75 Å². The highest BCUT2D eigenvalue weighted by Gasteiger charge is 2.08. The first-order valence-corrected chi connectivity index (χ1v) is 4.76. The highest BCUT2D eigenvalue weighted by molar-refractivity contribution is 7.85. The van der Waals surface area contributed by atoms with Crippen molar-refractivity contribution in [2.45, 2.75) is 4.90 Å². The van der Waals surface area contributed by atoms with Crippen LogP contribution < -0.4 is 4.89 Å². The molecular weight excluding hydrogens is 196 g/mol. The van der Waals surface area contributed by atoms with Gasteiger partial charge in [0.15, 0.2) is 5.75 Å². The maximum atomic E-state index is 10.6. The highest BCUT2D eigenvalue weighted by Crippen LogP contribution is 2.15. The van der Waals surface area contributed by atoms with Crippen LogP contribution in [0.25, 0.3) is 0 Å². The molecule has 0 heterocycles. The summed E-state index contributed by atoms with van der Waals surface area (Å²) in [6, 6.07) is 5.16. The summed E-state index contributed by atoms with van der Waals surface area (Å²) in [4.78, 5) is 8.75. The van der Waals surface area contributed by atoms with E-state index in [1.165, 1.54) is 31.4 Å². The zero-order valence-corrected chi connectivity index (χ0v) is 7.61. The first kappa shape index (κ1) is 9.97. The van der Waals surface area contributed by atoms with Crippen molar-refractivity contribution in [2.24, 2.45) is 0 Å². The van der Waals surface area contributed by atoms with Crippen molar-refractivity contribution in [2.75, 3.05) is 7.11 Å². The molecule has 0 aliphatic rings. The zero-order valence-electron chi connectivity index (χ0n) is 6.80. The molecule has 0 amide bonds. The minimum atomic E-state index is -4.13. The SMILES string of the molecule is COOc1ccc(S(=O)(=O)O)cc1. The lowest BCUT2D eigenvalue weighted by molar-refractivity contribution is -0.178. The molecule has 0 saturated carbocycles. The largest absolute Gasteiger partial charge is 0.338 e. The lowest BCUT2D eigenvalue weighted by Crippen LogP contribution is -1.98. The van der Waals surface area contributed by atoms with Gasteiger partial charge in [0.2, 0.25) is 0 Å². The maximum Gasteiger partial charge on any atom is 0.294 e. The zero-order chi connectivity index (χ0) is 9.90. The van der Waals surface area contributed by atoms with E-state index in [1.807, 2.05) is 0 Å². The third-order valence-electron chi connectivity index (χ3n) is 1.30. The Morgan fingerprint density at radius 1 is 1.23 bits per heavy atom. The van der Waals surface area contributed by atoms with Crippen LogP contribution >= 0.6 is 0 Å². The summed E-state index contributed by atoms with van der Waals surface area (Å²) in [5.74, 6) is 0.356. The lowest BCUT2D eigenvalue weighted by Gasteiger charge is -2.00. The second-order valence-corrected chi connectivity index (χ2v) is 3.62. The topological polar surface area (TPSA) is 72.8 Å². The van der Waals surface area contributed by atoms with Crippen molar-refractivity contribution in [3.8, 4) is 5.75 Å². The van der Waals surface area contributed by atoms with Gasteiger partial charge in [-0.3, -0.25) is 4.55 Å². The lowest BCUT2D eigenvalue weighted by atomic mass is 10.3. The van der Waals surface area contributed by atoms with Crippen LogP contribution in [0.2, 0.25) is 0 Å². The fourth-order valence-corrected chi connectivity index (χ4v) is 1.24. The summed E-state index contributed by atoms with van der Waals surface area (Å²) in [6.45, 7) is 0. The monoisotopic (exact) mass is 204 g/mol. The normalized spacial score (nSPS) is 11.2. The van der Waals surface area contributed by atoms with Crippen LogP contribution in [0.3, 0.4) is 0 Å². The maximum absolute atomic E-state index is 10.6. The fraction of sp³-hybridized carbons (Fsp3) is 0.143. The second-order valence-electron chi connectivity index (χ2n) is 2.20. The van der Waals surface area contributed by atoms with Gasteiger partial charge in [0.25, 0.3) is 10.1 Å². The molecule has 0 unspecified atom stereocenters. The summed E-state index contributed by atoms with van der Waals surface area (Å²) in [6.07, 6.45) is 0. The summed E-state index contributed by atoms with van der Waals surface area (Å²) >= 11 is 0. The van der Waals surface area contributed by atoms with Gasteiger partial charge in [0.1, 0.15) is 0 Å². The molecule has 1 aromatic carbocycles. The van der Waals surface area contributed by atoms with Gasteiger partial charge in [0.05, 0.1) is 12.0 Å². The van der Waals surface area contributed by atoms with Gasteiger partial charge < -0.3 is 4.89 Å². The van der Waals surface area contributed by atoms with E-state index in [2.05, 4.69) is 9.78 Å². The van der Waals surface area contributed by atoms with Crippen LogP contribution in [0.5, 0.6) is 5.75 Å². The first-order valence-electron chi connectivity index (χ1n) is 3.32. The molecule has 0 spiro atoms. The molecule has 0 fully saturated rings. The molecule has 0 aliphatic heterocycles. The van der Waals surface area contributed by atoms with Crippen LogP contribution in [-0.2, 0) is 15.0 Å². The van der Waals surface area contributed by atoms with Crippen LogP contribution in [0.1, 0.15) is 0 Å². The number of rotatable bonds is 3. The quantitative estimate of drug-likeness (QED) is 0.449. The second kappa shape index (κ2) is 3.73. The van der Waals surface area contributed by atoms with Crippen LogP contribution in [0.4, 0.5) is 0 Å². The van der Waals surface area contributed by atoms with Gasteiger partial charge in [-0.05, 0) is 24.3 Å². The Hall–Kier alpha value is -1.11. The van der Waals surface area contributed by atoms with Crippen LogP contribution in [-0.4, -0.2) is 20.1 Å². The Balaban J connectivity index is 2.94. The molecule has 6 heteroatoms. The average molecular weight is 204 g/mol. The molecule has 0 aromatic heterocycles. The van der Waals surface area contributed by atoms with E-state index in [4.69, 9.17) is 4.55 Å². The molecule has 0 saturated heterocycles. The van der Waals surface area contributed by atoms with Gasteiger partial charge in [-0.25, -0.2) is 0 Å². The van der Waals surface area contributed by atoms with Crippen molar-refractivity contribution >= 4 is 10.1 Å². The van der Waals surface area contributed by atoms with E-state index >= 15 is 0 Å². The van der Waals surface area contributed by atoms with Crippen molar-refractivity contribution in [1.29, 1.82) is 0 Å². The standard InChI is InChI=1S/C7H8O5S/c1-11-12-6-2-4-7(5-3-6)13(8,9)10/h2-5H,1H3,(H,8,9,10). The minimum absolute atomic E-state index is 0.184. The third-order valence-corrected chi connectivity index (χ3v) is 2.17. The molecule has 13 heavy (non-hydrogen) atoms. The van der Waals surface area contributed by atoms with Crippen molar-refractivity contribution in [1.82, 2.24) is 0 Å². The molecule has 5 nitrogen and oxygen atoms in total. The molecule has 0 bridgehead atoms. The molecular formula is C7H8O5S. The third kappa shape index (κ3) is 2.69. The molecule has 0 radical (unpaired) electrons. The van der Waals surface area contributed by atoms with E-state index < -0.39 is 10.1 Å². The van der Waals surface area contributed by atoms with Gasteiger partial charge >= 0.3 is 0 Å². The highest BCUT2D eigenvalue weighted by atomic mass is 32.2. The van der Waals surface area contributed by atoms with Crippen LogP contribution in [0.15, 0.2) is 29.2 Å². The van der Waals surface area contributed by atoms with Gasteiger partial charge in [-0.2, -0.15) is 13.3 Å². The molecule has 1 N–H and O–H groups in total. The fourth-order valence-electron chi connectivity index (χ4n) is 0.763. The Morgan fingerprint density at radius 2 is 1.77 bits per heavy atom. The van der Waals surface area contributed by atoms with E-state index in [1.54, 1.807) is 0 Å². The number of hydrogen-bond donors (Lipinski definition) is 1. The van der Waals surface area contributed by atoms with E-state index in [-0.39, 0.29) is 4.90 Å². The molecule has 1 aromatic rings. The summed E-state index contributed by atoms with van der Waals surface area (Å²) in [7, 11) is -2.80. The molecule has 0 aliphatic carbocycles. The first-order chi connectivity index (χ1) is 6.04. The number of hydrogen-bond acceptors (Lipinski definition) is 4. The summed E-state index contributed by atoms with van der Waals surface area (Å²) < 4.78 is 29.8. The molecule has 1 rings (SSSR count). The predicted octanol–water partition coefficient (Wildman–Crippen LogP) is 0.873. The van der Waals surface area contributed by atoms with Crippen molar-refractivity contribution in [3.63, 3.8) is 0 Å². The Kier molecular flexibility index (Phi) is 2.86. The summed E-state index contributed by atoms with van der Waals surface area (Å²) in [5.41, 5.74) is 0. The molecule has 72 valence electrons. The smallest absolute Gasteiger partial charge is 0.294 e. The van der Waals surface area contributed by atoms with E-state index in [0.717, 1.165) is 0 Å². The minimum Gasteiger partial charge on any atom is -0.338 e. The predicted molar refractivity (Wildman–Crippen MR) is 43.9 cm³/mol. The number of benzene rings is 1. The summed E-state index contributed by atoms with van der Waals surface area (Å²) in [5, 5.41) is 0. The average Bonchev–Trinajstić information content (AvgIpc) is 2.04. The van der Waals surface area contributed by atoms with Gasteiger partial charge in [0, 0.05) is 0 Å². The van der Waals surface area contributed by atoms with E-state index in [9.17, 15) is 8.42 Å². The van der Waals surface area contributed by atoms with Crippen molar-refractivity contribution < 1.29 is 22.7 Å². The van der Waals surface area contributed by atoms with Gasteiger partial charge in [-0.1, -0.05) is 0 Å². The van der Waals surface area contributed by atoms with Crippen LogP contribution in [0, 0.1) is 0 Å². The van der Waals surface area contributed by atoms with Gasteiger partial charge in [-0.15, -0.1) is 0 Å². The Labute approximate surface area is 75.6 Å².